The molecule has 0 fully saturated rings. The van der Waals surface area contributed by atoms with Gasteiger partial charge in [-0.2, -0.15) is 0 Å². The third-order valence-corrected chi connectivity index (χ3v) is 6.88. The van der Waals surface area contributed by atoms with Gasteiger partial charge in [0.15, 0.2) is 0 Å². The van der Waals surface area contributed by atoms with Gasteiger partial charge in [0.2, 0.25) is 0 Å². The number of rotatable bonds is 9. The number of benzene rings is 1. The van der Waals surface area contributed by atoms with Crippen LogP contribution in [0.1, 0.15) is 102 Å². The van der Waals surface area contributed by atoms with E-state index in [2.05, 4.69) is 59.8 Å². The van der Waals surface area contributed by atoms with Crippen molar-refractivity contribution in [2.75, 3.05) is 0 Å². The minimum atomic E-state index is -0.133. The van der Waals surface area contributed by atoms with Crippen molar-refractivity contribution in [3.05, 3.63) is 57.2 Å². The van der Waals surface area contributed by atoms with E-state index >= 15 is 0 Å². The summed E-state index contributed by atoms with van der Waals surface area (Å²) in [5, 5.41) is 10.4. The summed E-state index contributed by atoms with van der Waals surface area (Å²) in [6, 6.07) is 0. The second-order valence-electron chi connectivity index (χ2n) is 10.1. The van der Waals surface area contributed by atoms with Crippen LogP contribution < -0.4 is 4.74 Å². The molecule has 0 radical (unpaired) electrons. The Kier molecular flexibility index (Phi) is 9.03. The highest BCUT2D eigenvalue weighted by Gasteiger charge is 2.33. The summed E-state index contributed by atoms with van der Waals surface area (Å²) < 4.78 is 6.56. The van der Waals surface area contributed by atoms with Crippen LogP contribution >= 0.6 is 0 Å². The largest absolute Gasteiger partial charge is 0.507 e. The van der Waals surface area contributed by atoms with E-state index in [1.165, 1.54) is 28.7 Å². The molecule has 1 aromatic rings. The Morgan fingerprint density at radius 2 is 1.55 bits per heavy atom. The molecule has 172 valence electrons. The average Bonchev–Trinajstić information content (AvgIpc) is 2.70. The molecule has 2 rings (SSSR count). The van der Waals surface area contributed by atoms with Crippen molar-refractivity contribution in [1.82, 2.24) is 0 Å². The molecule has 0 spiro atoms. The number of hydrogen-bond acceptors (Lipinski definition) is 2. The summed E-state index contributed by atoms with van der Waals surface area (Å²) in [4.78, 5) is 0. The number of aromatic hydroxyl groups is 1. The van der Waals surface area contributed by atoms with Gasteiger partial charge in [-0.15, -0.1) is 0 Å². The van der Waals surface area contributed by atoms with Crippen molar-refractivity contribution in [1.29, 1.82) is 0 Å². The van der Waals surface area contributed by atoms with Gasteiger partial charge in [0.25, 0.3) is 0 Å². The van der Waals surface area contributed by atoms with Crippen LogP contribution in [-0.4, -0.2) is 10.7 Å². The van der Waals surface area contributed by atoms with Crippen LogP contribution in [0.2, 0.25) is 0 Å². The van der Waals surface area contributed by atoms with Crippen molar-refractivity contribution in [2.24, 2.45) is 0 Å². The topological polar surface area (TPSA) is 29.5 Å². The molecule has 0 amide bonds. The van der Waals surface area contributed by atoms with Gasteiger partial charge >= 0.3 is 0 Å². The molecule has 2 nitrogen and oxygen atoms in total. The summed E-state index contributed by atoms with van der Waals surface area (Å²) in [7, 11) is 0. The Balaban J connectivity index is 1.88. The maximum atomic E-state index is 10.4. The maximum Gasteiger partial charge on any atom is 0.127 e. The van der Waals surface area contributed by atoms with Crippen LogP contribution in [-0.2, 0) is 6.42 Å². The molecule has 0 bridgehead atoms. The lowest BCUT2D eigenvalue weighted by Gasteiger charge is -2.38. The molecule has 0 aliphatic carbocycles. The Hall–Kier alpha value is -1.96. The lowest BCUT2D eigenvalue weighted by atomic mass is 9.86. The van der Waals surface area contributed by atoms with E-state index in [9.17, 15) is 5.11 Å². The minimum Gasteiger partial charge on any atom is -0.507 e. The zero-order valence-electron chi connectivity index (χ0n) is 21.2. The van der Waals surface area contributed by atoms with Crippen molar-refractivity contribution in [3.8, 4) is 11.5 Å². The summed E-state index contributed by atoms with van der Waals surface area (Å²) in [6.45, 7) is 17.1. The lowest BCUT2D eigenvalue weighted by Crippen LogP contribution is -2.37. The highest BCUT2D eigenvalue weighted by atomic mass is 16.5. The Labute approximate surface area is 191 Å². The van der Waals surface area contributed by atoms with Crippen LogP contribution in [0.15, 0.2) is 34.9 Å². The Bertz CT molecular complexity index is 865. The molecule has 0 saturated heterocycles. The molecular formula is C29H44O2. The number of fused-ring (bicyclic) bond motifs is 1. The van der Waals surface area contributed by atoms with Gasteiger partial charge in [-0.25, -0.2) is 0 Å². The number of ether oxygens (including phenoxy) is 1. The summed E-state index contributed by atoms with van der Waals surface area (Å²) in [5.41, 5.74) is 8.45. The molecule has 1 heterocycles. The third kappa shape index (κ3) is 7.02. The number of phenolic OH excluding ortho intramolecular Hbond substituents is 1. The van der Waals surface area contributed by atoms with Gasteiger partial charge in [-0.3, -0.25) is 0 Å². The standard InChI is InChI=1S/C29H44O2/c1-20(2)12-9-13-21(3)14-10-15-22(4)16-11-18-29(8)19-17-26-25(7)27(30)23(5)24(6)28(26)31-29/h12,14,16,30H,9-11,13,15,17-19H2,1-8H3/b21-14+,22-16+/t29-/m1/s1/i7+2. The van der Waals surface area contributed by atoms with E-state index in [4.69, 9.17) is 4.74 Å². The van der Waals surface area contributed by atoms with Gasteiger partial charge in [-0.05, 0) is 123 Å². The van der Waals surface area contributed by atoms with Gasteiger partial charge < -0.3 is 9.84 Å². The van der Waals surface area contributed by atoms with Crippen LogP contribution in [0.4, 0.5) is 0 Å². The maximum absolute atomic E-state index is 10.4. The van der Waals surface area contributed by atoms with Crippen molar-refractivity contribution in [3.63, 3.8) is 0 Å². The molecular weight excluding hydrogens is 382 g/mol. The van der Waals surface area contributed by atoms with Crippen molar-refractivity contribution < 1.29 is 9.84 Å². The SMILES string of the molecule is CC(C)=CCC/C(C)=C/CC/C(C)=C/CC[C@]1(C)CCc2c([14CH3])c(O)c(C)c(C)c2O1. The first-order valence-corrected chi connectivity index (χ1v) is 12.0. The van der Waals surface area contributed by atoms with E-state index < -0.39 is 0 Å². The number of allylic oxidation sites excluding steroid dienone is 6. The molecule has 0 aromatic heterocycles. The van der Waals surface area contributed by atoms with Crippen LogP contribution in [0.25, 0.3) is 0 Å². The predicted molar refractivity (Wildman–Crippen MR) is 134 cm³/mol. The Morgan fingerprint density at radius 3 is 2.16 bits per heavy atom. The van der Waals surface area contributed by atoms with E-state index in [0.29, 0.717) is 5.75 Å². The Morgan fingerprint density at radius 1 is 0.968 bits per heavy atom. The van der Waals surface area contributed by atoms with Gasteiger partial charge in [-0.1, -0.05) is 34.9 Å². The lowest BCUT2D eigenvalue weighted by molar-refractivity contribution is 0.0558. The minimum absolute atomic E-state index is 0.133. The second-order valence-corrected chi connectivity index (χ2v) is 10.1. The van der Waals surface area contributed by atoms with Crippen LogP contribution in [0.3, 0.4) is 0 Å². The monoisotopic (exact) mass is 426 g/mol. The number of phenols is 1. The first kappa shape index (κ1) is 25.3. The molecule has 1 aromatic carbocycles. The van der Waals surface area contributed by atoms with Crippen molar-refractivity contribution >= 4 is 0 Å². The number of hydrogen-bond donors (Lipinski definition) is 1. The quantitative estimate of drug-likeness (QED) is 0.400. The summed E-state index contributed by atoms with van der Waals surface area (Å²) in [5.74, 6) is 1.44. The third-order valence-electron chi connectivity index (χ3n) is 6.88. The van der Waals surface area contributed by atoms with E-state index in [1.54, 1.807) is 0 Å². The highest BCUT2D eigenvalue weighted by Crippen LogP contribution is 2.44. The fraction of sp³-hybridized carbons (Fsp3) is 0.586. The van der Waals surface area contributed by atoms with Gasteiger partial charge in [0, 0.05) is 5.56 Å². The molecule has 31 heavy (non-hydrogen) atoms. The fourth-order valence-corrected chi connectivity index (χ4v) is 4.43. The van der Waals surface area contributed by atoms with E-state index in [-0.39, 0.29) is 5.60 Å². The molecule has 1 aliphatic rings. The van der Waals surface area contributed by atoms with Crippen molar-refractivity contribution in [2.45, 2.75) is 112 Å². The summed E-state index contributed by atoms with van der Waals surface area (Å²) >= 11 is 0. The average molecular weight is 427 g/mol. The zero-order chi connectivity index (χ0) is 23.2. The molecule has 1 N–H and O–H groups in total. The zero-order valence-corrected chi connectivity index (χ0v) is 21.2. The molecule has 2 heteroatoms. The normalized spacial score (nSPS) is 19.1. The summed E-state index contributed by atoms with van der Waals surface area (Å²) in [6.07, 6.45) is 15.8. The second kappa shape index (κ2) is 11.1. The van der Waals surface area contributed by atoms with Crippen LogP contribution in [0, 0.1) is 20.8 Å². The fourth-order valence-electron chi connectivity index (χ4n) is 4.43. The molecule has 0 saturated carbocycles. The molecule has 1 aliphatic heterocycles. The predicted octanol–water partition coefficient (Wildman–Crippen LogP) is 8.60. The molecule has 0 unspecified atom stereocenters. The van der Waals surface area contributed by atoms with E-state index in [1.807, 2.05) is 13.8 Å². The van der Waals surface area contributed by atoms with Gasteiger partial charge in [0.1, 0.15) is 17.1 Å². The van der Waals surface area contributed by atoms with Gasteiger partial charge in [0.05, 0.1) is 0 Å². The highest BCUT2D eigenvalue weighted by molar-refractivity contribution is 5.58. The smallest absolute Gasteiger partial charge is 0.127 e. The first-order chi connectivity index (χ1) is 14.5. The molecule has 1 atom stereocenters. The first-order valence-electron chi connectivity index (χ1n) is 12.0. The van der Waals surface area contributed by atoms with E-state index in [0.717, 1.165) is 67.4 Å². The van der Waals surface area contributed by atoms with Crippen LogP contribution in [0.5, 0.6) is 11.5 Å².